The van der Waals surface area contributed by atoms with E-state index < -0.39 is 0 Å². The molecule has 0 bridgehead atoms. The predicted molar refractivity (Wildman–Crippen MR) is 82.9 cm³/mol. The van der Waals surface area contributed by atoms with Crippen molar-refractivity contribution in [1.29, 1.82) is 0 Å². The molecule has 0 fully saturated rings. The van der Waals surface area contributed by atoms with Crippen LogP contribution in [0.2, 0.25) is 0 Å². The summed E-state index contributed by atoms with van der Waals surface area (Å²) in [7, 11) is 1.58. The molecule has 0 N–H and O–H groups in total. The molecule has 0 atom stereocenters. The first-order valence-corrected chi connectivity index (χ1v) is 6.73. The third-order valence-electron chi connectivity index (χ3n) is 3.46. The maximum Gasteiger partial charge on any atom is 0.196 e. The Bertz CT molecular complexity index is 824. The van der Waals surface area contributed by atoms with Gasteiger partial charge >= 0.3 is 0 Å². The smallest absolute Gasteiger partial charge is 0.196 e. The molecule has 0 aliphatic carbocycles. The SMILES string of the molecule is COc1ccc(C)cc1C(=O)c1ccc2ncccc2c1. The van der Waals surface area contributed by atoms with Gasteiger partial charge in [-0.05, 0) is 43.3 Å². The van der Waals surface area contributed by atoms with Gasteiger partial charge in [-0.1, -0.05) is 17.7 Å². The van der Waals surface area contributed by atoms with Crippen LogP contribution in [0.15, 0.2) is 54.7 Å². The number of hydrogen-bond donors (Lipinski definition) is 0. The molecule has 0 aliphatic heterocycles. The molecule has 3 rings (SSSR count). The molecule has 1 aromatic heterocycles. The maximum absolute atomic E-state index is 12.7. The number of carbonyl (C=O) groups is 1. The van der Waals surface area contributed by atoms with Gasteiger partial charge in [0.2, 0.25) is 0 Å². The Labute approximate surface area is 123 Å². The van der Waals surface area contributed by atoms with Crippen LogP contribution in [0, 0.1) is 6.92 Å². The number of hydrogen-bond acceptors (Lipinski definition) is 3. The number of nitrogens with zero attached hydrogens (tertiary/aromatic N) is 1. The Balaban J connectivity index is 2.10. The standard InChI is InChI=1S/C18H15NO2/c1-12-5-8-17(21-2)15(10-12)18(20)14-6-7-16-13(11-14)4-3-9-19-16/h3-11H,1-2H3. The zero-order valence-electron chi connectivity index (χ0n) is 12.0. The first-order valence-electron chi connectivity index (χ1n) is 6.73. The van der Waals surface area contributed by atoms with Gasteiger partial charge in [0.05, 0.1) is 18.2 Å². The second-order valence-electron chi connectivity index (χ2n) is 4.94. The number of ether oxygens (including phenoxy) is 1. The summed E-state index contributed by atoms with van der Waals surface area (Å²) in [5.74, 6) is 0.554. The minimum atomic E-state index is -0.0405. The Morgan fingerprint density at radius 1 is 1.10 bits per heavy atom. The fourth-order valence-corrected chi connectivity index (χ4v) is 2.37. The van der Waals surface area contributed by atoms with Crippen molar-refractivity contribution in [2.45, 2.75) is 6.92 Å². The molecule has 104 valence electrons. The van der Waals surface area contributed by atoms with Crippen LogP contribution in [-0.2, 0) is 0 Å². The number of pyridine rings is 1. The summed E-state index contributed by atoms with van der Waals surface area (Å²) in [6.45, 7) is 1.96. The number of benzene rings is 2. The minimum absolute atomic E-state index is 0.0405. The molecule has 3 aromatic rings. The van der Waals surface area contributed by atoms with Gasteiger partial charge in [0.1, 0.15) is 5.75 Å². The van der Waals surface area contributed by atoms with Crippen LogP contribution in [0.5, 0.6) is 5.75 Å². The summed E-state index contributed by atoms with van der Waals surface area (Å²) >= 11 is 0. The van der Waals surface area contributed by atoms with E-state index in [4.69, 9.17) is 4.74 Å². The highest BCUT2D eigenvalue weighted by atomic mass is 16.5. The van der Waals surface area contributed by atoms with Gasteiger partial charge < -0.3 is 4.74 Å². The molecule has 0 unspecified atom stereocenters. The summed E-state index contributed by atoms with van der Waals surface area (Å²) < 4.78 is 5.30. The van der Waals surface area contributed by atoms with Crippen LogP contribution >= 0.6 is 0 Å². The summed E-state index contributed by atoms with van der Waals surface area (Å²) in [4.78, 5) is 17.0. The highest BCUT2D eigenvalue weighted by Crippen LogP contribution is 2.24. The van der Waals surface area contributed by atoms with Crippen LogP contribution < -0.4 is 4.74 Å². The Morgan fingerprint density at radius 3 is 2.76 bits per heavy atom. The monoisotopic (exact) mass is 277 g/mol. The highest BCUT2D eigenvalue weighted by Gasteiger charge is 2.15. The van der Waals surface area contributed by atoms with E-state index in [1.54, 1.807) is 19.4 Å². The average Bonchev–Trinajstić information content (AvgIpc) is 2.53. The van der Waals surface area contributed by atoms with Gasteiger partial charge in [-0.15, -0.1) is 0 Å². The van der Waals surface area contributed by atoms with E-state index in [2.05, 4.69) is 4.98 Å². The number of aryl methyl sites for hydroxylation is 1. The van der Waals surface area contributed by atoms with Gasteiger partial charge in [0, 0.05) is 17.1 Å². The van der Waals surface area contributed by atoms with Gasteiger partial charge in [-0.25, -0.2) is 0 Å². The molecule has 21 heavy (non-hydrogen) atoms. The fourth-order valence-electron chi connectivity index (χ4n) is 2.37. The van der Waals surface area contributed by atoms with Crippen molar-refractivity contribution in [3.8, 4) is 5.75 Å². The minimum Gasteiger partial charge on any atom is -0.496 e. The first kappa shape index (κ1) is 13.3. The van der Waals surface area contributed by atoms with Crippen molar-refractivity contribution in [1.82, 2.24) is 4.98 Å². The molecular formula is C18H15NO2. The van der Waals surface area contributed by atoms with Crippen LogP contribution in [0.3, 0.4) is 0 Å². The Kier molecular flexibility index (Phi) is 3.40. The van der Waals surface area contributed by atoms with Crippen molar-refractivity contribution in [3.05, 3.63) is 71.4 Å². The summed E-state index contributed by atoms with van der Waals surface area (Å²) in [6.07, 6.45) is 1.74. The molecular weight excluding hydrogens is 262 g/mol. The lowest BCUT2D eigenvalue weighted by Crippen LogP contribution is -2.04. The molecule has 0 radical (unpaired) electrons. The second-order valence-corrected chi connectivity index (χ2v) is 4.94. The van der Waals surface area contributed by atoms with E-state index >= 15 is 0 Å². The molecule has 0 saturated heterocycles. The molecule has 0 spiro atoms. The first-order chi connectivity index (χ1) is 10.2. The lowest BCUT2D eigenvalue weighted by Gasteiger charge is -2.09. The topological polar surface area (TPSA) is 39.2 Å². The largest absolute Gasteiger partial charge is 0.496 e. The lowest BCUT2D eigenvalue weighted by atomic mass is 9.99. The van der Waals surface area contributed by atoms with E-state index in [9.17, 15) is 4.79 Å². The van der Waals surface area contributed by atoms with Crippen molar-refractivity contribution in [3.63, 3.8) is 0 Å². The third kappa shape index (κ3) is 2.50. The fraction of sp³-hybridized carbons (Fsp3) is 0.111. The quantitative estimate of drug-likeness (QED) is 0.684. The normalized spacial score (nSPS) is 10.6. The van der Waals surface area contributed by atoms with E-state index in [0.29, 0.717) is 16.9 Å². The van der Waals surface area contributed by atoms with Gasteiger partial charge in [0.15, 0.2) is 5.78 Å². The molecule has 3 heteroatoms. The van der Waals surface area contributed by atoms with Crippen LogP contribution in [-0.4, -0.2) is 17.9 Å². The number of rotatable bonds is 3. The summed E-state index contributed by atoms with van der Waals surface area (Å²) in [5, 5.41) is 0.954. The van der Waals surface area contributed by atoms with E-state index in [-0.39, 0.29) is 5.78 Å². The second kappa shape index (κ2) is 5.37. The molecule has 3 nitrogen and oxygen atoms in total. The van der Waals surface area contributed by atoms with E-state index in [1.165, 1.54) is 0 Å². The van der Waals surface area contributed by atoms with E-state index in [0.717, 1.165) is 16.5 Å². The lowest BCUT2D eigenvalue weighted by molar-refractivity contribution is 0.103. The Morgan fingerprint density at radius 2 is 1.95 bits per heavy atom. The van der Waals surface area contributed by atoms with Gasteiger partial charge in [-0.2, -0.15) is 0 Å². The predicted octanol–water partition coefficient (Wildman–Crippen LogP) is 3.78. The third-order valence-corrected chi connectivity index (χ3v) is 3.46. The summed E-state index contributed by atoms with van der Waals surface area (Å²) in [6, 6.07) is 15.0. The zero-order valence-corrected chi connectivity index (χ0v) is 12.0. The average molecular weight is 277 g/mol. The van der Waals surface area contributed by atoms with Crippen molar-refractivity contribution < 1.29 is 9.53 Å². The van der Waals surface area contributed by atoms with Crippen LogP contribution in [0.4, 0.5) is 0 Å². The van der Waals surface area contributed by atoms with Crippen LogP contribution in [0.1, 0.15) is 21.5 Å². The van der Waals surface area contributed by atoms with Crippen LogP contribution in [0.25, 0.3) is 10.9 Å². The van der Waals surface area contributed by atoms with E-state index in [1.807, 2.05) is 49.4 Å². The molecule has 0 saturated carbocycles. The highest BCUT2D eigenvalue weighted by molar-refractivity contribution is 6.12. The summed E-state index contributed by atoms with van der Waals surface area (Å²) in [5.41, 5.74) is 3.13. The molecule has 0 aliphatic rings. The molecule has 0 amide bonds. The number of aromatic nitrogens is 1. The molecule has 1 heterocycles. The number of methoxy groups -OCH3 is 1. The van der Waals surface area contributed by atoms with Crippen molar-refractivity contribution in [2.75, 3.05) is 7.11 Å². The van der Waals surface area contributed by atoms with Crippen molar-refractivity contribution in [2.24, 2.45) is 0 Å². The van der Waals surface area contributed by atoms with Gasteiger partial charge in [-0.3, -0.25) is 9.78 Å². The zero-order chi connectivity index (χ0) is 14.8. The maximum atomic E-state index is 12.7. The van der Waals surface area contributed by atoms with Crippen molar-refractivity contribution >= 4 is 16.7 Å². The number of carbonyl (C=O) groups excluding carboxylic acids is 1. The Hall–Kier alpha value is -2.68. The number of ketones is 1. The number of fused-ring (bicyclic) bond motifs is 1. The molecule has 2 aromatic carbocycles. The van der Waals surface area contributed by atoms with Gasteiger partial charge in [0.25, 0.3) is 0 Å².